The normalized spacial score (nSPS) is 12.7. The molecule has 18 heavy (non-hydrogen) atoms. The molecule has 0 aliphatic rings. The van der Waals surface area contributed by atoms with Gasteiger partial charge >= 0.3 is 6.01 Å². The number of aromatic nitrogens is 2. The Labute approximate surface area is 110 Å². The Morgan fingerprint density at radius 2 is 2.00 bits per heavy atom. The van der Waals surface area contributed by atoms with Crippen molar-refractivity contribution >= 4 is 6.01 Å². The lowest BCUT2D eigenvalue weighted by Gasteiger charge is -2.17. The molecule has 5 nitrogen and oxygen atoms in total. The van der Waals surface area contributed by atoms with E-state index in [-0.39, 0.29) is 6.04 Å². The first-order chi connectivity index (χ1) is 8.72. The van der Waals surface area contributed by atoms with Gasteiger partial charge in [0.1, 0.15) is 0 Å². The third-order valence-corrected chi connectivity index (χ3v) is 2.93. The zero-order chi connectivity index (χ0) is 13.4. The van der Waals surface area contributed by atoms with Crippen LogP contribution in [-0.4, -0.2) is 29.8 Å². The van der Waals surface area contributed by atoms with E-state index in [9.17, 15) is 0 Å². The maximum atomic E-state index is 5.73. The van der Waals surface area contributed by atoms with Crippen molar-refractivity contribution in [3.05, 3.63) is 5.89 Å². The monoisotopic (exact) mass is 254 g/mol. The molecule has 0 radical (unpaired) electrons. The molecule has 1 aromatic rings. The summed E-state index contributed by atoms with van der Waals surface area (Å²) in [6, 6.07) is 0.766. The van der Waals surface area contributed by atoms with Gasteiger partial charge in [0.2, 0.25) is 5.89 Å². The van der Waals surface area contributed by atoms with Crippen molar-refractivity contribution in [3.63, 3.8) is 0 Å². The van der Waals surface area contributed by atoms with Crippen molar-refractivity contribution in [1.82, 2.24) is 15.5 Å². The van der Waals surface area contributed by atoms with Crippen LogP contribution in [0.4, 0.5) is 6.01 Å². The Kier molecular flexibility index (Phi) is 6.72. The van der Waals surface area contributed by atoms with Crippen molar-refractivity contribution in [3.8, 4) is 0 Å². The predicted molar refractivity (Wildman–Crippen MR) is 73.8 cm³/mol. The first kappa shape index (κ1) is 15.0. The molecule has 0 aliphatic carbocycles. The van der Waals surface area contributed by atoms with Gasteiger partial charge in [0.25, 0.3) is 0 Å². The van der Waals surface area contributed by atoms with Crippen LogP contribution in [0.25, 0.3) is 0 Å². The summed E-state index contributed by atoms with van der Waals surface area (Å²) in [5.74, 6) is 0.674. The molecule has 5 heteroatoms. The fraction of sp³-hybridized carbons (Fsp3) is 0.846. The molecule has 0 aliphatic heterocycles. The van der Waals surface area contributed by atoms with Gasteiger partial charge in [-0.3, -0.25) is 0 Å². The second kappa shape index (κ2) is 8.08. The van der Waals surface area contributed by atoms with E-state index in [2.05, 4.69) is 48.1 Å². The van der Waals surface area contributed by atoms with E-state index >= 15 is 0 Å². The summed E-state index contributed by atoms with van der Waals surface area (Å²) in [6.07, 6.45) is 3.42. The SMILES string of the molecule is CCCCN(CC)c1nnc(C(C)NCCC)o1. The van der Waals surface area contributed by atoms with E-state index in [1.807, 2.05) is 0 Å². The van der Waals surface area contributed by atoms with Crippen LogP contribution in [0.15, 0.2) is 4.42 Å². The summed E-state index contributed by atoms with van der Waals surface area (Å²) in [5, 5.41) is 11.6. The van der Waals surface area contributed by atoms with Gasteiger partial charge in [-0.15, -0.1) is 5.10 Å². The molecule has 1 rings (SSSR count). The quantitative estimate of drug-likeness (QED) is 0.734. The highest BCUT2D eigenvalue weighted by Gasteiger charge is 2.16. The molecular formula is C13H26N4O. The summed E-state index contributed by atoms with van der Waals surface area (Å²) in [7, 11) is 0. The zero-order valence-corrected chi connectivity index (χ0v) is 12.1. The highest BCUT2D eigenvalue weighted by atomic mass is 16.4. The Hall–Kier alpha value is -1.10. The van der Waals surface area contributed by atoms with Gasteiger partial charge in [-0.05, 0) is 33.2 Å². The summed E-state index contributed by atoms with van der Waals surface area (Å²) in [5.41, 5.74) is 0. The summed E-state index contributed by atoms with van der Waals surface area (Å²) >= 11 is 0. The maximum absolute atomic E-state index is 5.73. The number of hydrogen-bond acceptors (Lipinski definition) is 5. The Morgan fingerprint density at radius 3 is 2.61 bits per heavy atom. The van der Waals surface area contributed by atoms with Crippen LogP contribution < -0.4 is 10.2 Å². The fourth-order valence-corrected chi connectivity index (χ4v) is 1.72. The molecule has 0 saturated carbocycles. The van der Waals surface area contributed by atoms with Crippen molar-refractivity contribution in [1.29, 1.82) is 0 Å². The highest BCUT2D eigenvalue weighted by Crippen LogP contribution is 2.17. The third kappa shape index (κ3) is 4.29. The molecule has 0 amide bonds. The molecule has 0 fully saturated rings. The van der Waals surface area contributed by atoms with E-state index in [0.717, 1.165) is 32.5 Å². The van der Waals surface area contributed by atoms with E-state index in [4.69, 9.17) is 4.42 Å². The second-order valence-electron chi connectivity index (χ2n) is 4.53. The second-order valence-corrected chi connectivity index (χ2v) is 4.53. The Morgan fingerprint density at radius 1 is 1.22 bits per heavy atom. The lowest BCUT2D eigenvalue weighted by molar-refractivity contribution is 0.414. The lowest BCUT2D eigenvalue weighted by Crippen LogP contribution is -2.24. The van der Waals surface area contributed by atoms with Gasteiger partial charge in [-0.1, -0.05) is 25.4 Å². The minimum Gasteiger partial charge on any atom is -0.406 e. The molecule has 1 unspecified atom stereocenters. The van der Waals surface area contributed by atoms with Crippen molar-refractivity contribution in [2.75, 3.05) is 24.5 Å². The maximum Gasteiger partial charge on any atom is 0.318 e. The molecule has 0 spiro atoms. The average Bonchev–Trinajstić information content (AvgIpc) is 2.86. The smallest absolute Gasteiger partial charge is 0.318 e. The molecule has 0 saturated heterocycles. The molecule has 1 atom stereocenters. The summed E-state index contributed by atoms with van der Waals surface area (Å²) in [6.45, 7) is 11.3. The van der Waals surface area contributed by atoms with Gasteiger partial charge in [-0.25, -0.2) is 0 Å². The van der Waals surface area contributed by atoms with Crippen molar-refractivity contribution < 1.29 is 4.42 Å². The van der Waals surface area contributed by atoms with Crippen molar-refractivity contribution in [2.45, 2.75) is 53.0 Å². The van der Waals surface area contributed by atoms with Crippen LogP contribution in [0.5, 0.6) is 0 Å². The van der Waals surface area contributed by atoms with Gasteiger partial charge < -0.3 is 14.6 Å². The topological polar surface area (TPSA) is 54.2 Å². The van der Waals surface area contributed by atoms with Crippen molar-refractivity contribution in [2.24, 2.45) is 0 Å². The van der Waals surface area contributed by atoms with E-state index in [1.165, 1.54) is 6.42 Å². The van der Waals surface area contributed by atoms with E-state index in [0.29, 0.717) is 11.9 Å². The number of rotatable bonds is 9. The minimum absolute atomic E-state index is 0.121. The number of anilines is 1. The number of nitrogens with one attached hydrogen (secondary N) is 1. The third-order valence-electron chi connectivity index (χ3n) is 2.93. The predicted octanol–water partition coefficient (Wildman–Crippen LogP) is 2.76. The van der Waals surface area contributed by atoms with Crippen LogP contribution in [0.1, 0.15) is 58.9 Å². The first-order valence-electron chi connectivity index (χ1n) is 7.04. The Bertz CT molecular complexity index is 327. The molecule has 1 N–H and O–H groups in total. The van der Waals surface area contributed by atoms with Gasteiger partial charge in [0.15, 0.2) is 0 Å². The van der Waals surface area contributed by atoms with Gasteiger partial charge in [0.05, 0.1) is 6.04 Å². The van der Waals surface area contributed by atoms with Crippen LogP contribution in [-0.2, 0) is 0 Å². The standard InChI is InChI=1S/C13H26N4O/c1-5-8-10-17(7-3)13-16-15-12(18-13)11(4)14-9-6-2/h11,14H,5-10H2,1-4H3. The first-order valence-corrected chi connectivity index (χ1v) is 7.04. The lowest BCUT2D eigenvalue weighted by atomic mass is 10.3. The molecular weight excluding hydrogens is 228 g/mol. The molecule has 1 aromatic heterocycles. The number of hydrogen-bond donors (Lipinski definition) is 1. The van der Waals surface area contributed by atoms with Crippen LogP contribution in [0.2, 0.25) is 0 Å². The Balaban J connectivity index is 2.59. The summed E-state index contributed by atoms with van der Waals surface area (Å²) in [4.78, 5) is 2.13. The van der Waals surface area contributed by atoms with Gasteiger partial charge in [-0.2, -0.15) is 0 Å². The average molecular weight is 254 g/mol. The van der Waals surface area contributed by atoms with Crippen LogP contribution >= 0.6 is 0 Å². The van der Waals surface area contributed by atoms with E-state index in [1.54, 1.807) is 0 Å². The molecule has 104 valence electrons. The number of nitrogens with zero attached hydrogens (tertiary/aromatic N) is 3. The summed E-state index contributed by atoms with van der Waals surface area (Å²) < 4.78 is 5.73. The highest BCUT2D eigenvalue weighted by molar-refractivity contribution is 5.23. The van der Waals surface area contributed by atoms with E-state index < -0.39 is 0 Å². The number of unbranched alkanes of at least 4 members (excludes halogenated alkanes) is 1. The molecule has 1 heterocycles. The van der Waals surface area contributed by atoms with Crippen LogP contribution in [0.3, 0.4) is 0 Å². The van der Waals surface area contributed by atoms with Crippen LogP contribution in [0, 0.1) is 0 Å². The van der Waals surface area contributed by atoms with Gasteiger partial charge in [0, 0.05) is 13.1 Å². The molecule has 0 bridgehead atoms. The largest absolute Gasteiger partial charge is 0.406 e. The fourth-order valence-electron chi connectivity index (χ4n) is 1.72. The molecule has 0 aromatic carbocycles. The zero-order valence-electron chi connectivity index (χ0n) is 12.1. The minimum atomic E-state index is 0.121.